The van der Waals surface area contributed by atoms with Gasteiger partial charge in [-0.15, -0.1) is 0 Å². The Balaban J connectivity index is 2.37. The first-order valence-corrected chi connectivity index (χ1v) is 6.96. The molecule has 0 bridgehead atoms. The number of nitrogens with zero attached hydrogens (tertiary/aromatic N) is 1. The Morgan fingerprint density at radius 2 is 1.90 bits per heavy atom. The van der Waals surface area contributed by atoms with Gasteiger partial charge in [-0.25, -0.2) is 0 Å². The molecule has 2 aromatic carbocycles. The van der Waals surface area contributed by atoms with Crippen molar-refractivity contribution in [3.8, 4) is 0 Å². The van der Waals surface area contributed by atoms with Gasteiger partial charge >= 0.3 is 0 Å². The fourth-order valence-electron chi connectivity index (χ4n) is 2.70. The molecular formula is C17H14ClNO. The van der Waals surface area contributed by atoms with E-state index in [9.17, 15) is 4.79 Å². The maximum Gasteiger partial charge on any atom is 0.144 e. The van der Waals surface area contributed by atoms with E-state index in [1.165, 1.54) is 22.5 Å². The summed E-state index contributed by atoms with van der Waals surface area (Å²) in [6.07, 6.45) is 2.09. The number of para-hydroxylation sites is 1. The normalized spacial score (nSPS) is 12.2. The maximum atomic E-state index is 10.6. The summed E-state index contributed by atoms with van der Waals surface area (Å²) in [5.41, 5.74) is 3.27. The highest BCUT2D eigenvalue weighted by Gasteiger charge is 2.10. The van der Waals surface area contributed by atoms with Crippen LogP contribution in [-0.2, 0) is 11.3 Å². The van der Waals surface area contributed by atoms with Gasteiger partial charge in [-0.2, -0.15) is 0 Å². The summed E-state index contributed by atoms with van der Waals surface area (Å²) in [6.45, 7) is 3.06. The van der Waals surface area contributed by atoms with Crippen LogP contribution in [0, 0.1) is 0 Å². The Morgan fingerprint density at radius 1 is 1.15 bits per heavy atom. The Bertz CT molecular complexity index is 829. The van der Waals surface area contributed by atoms with E-state index in [1.807, 2.05) is 24.3 Å². The van der Waals surface area contributed by atoms with E-state index in [1.54, 1.807) is 0 Å². The van der Waals surface area contributed by atoms with Crippen molar-refractivity contribution >= 4 is 44.7 Å². The van der Waals surface area contributed by atoms with Crippen LogP contribution in [0.1, 0.15) is 12.5 Å². The summed E-state index contributed by atoms with van der Waals surface area (Å²) < 4.78 is 2.28. The molecule has 0 fully saturated rings. The number of aldehydes is 1. The third-order valence-corrected chi connectivity index (χ3v) is 3.92. The van der Waals surface area contributed by atoms with Gasteiger partial charge < -0.3 is 4.57 Å². The number of rotatable bonds is 3. The quantitative estimate of drug-likeness (QED) is 0.509. The highest BCUT2D eigenvalue weighted by molar-refractivity contribution is 6.49. The van der Waals surface area contributed by atoms with Crippen molar-refractivity contribution in [3.63, 3.8) is 0 Å². The monoisotopic (exact) mass is 283 g/mol. The van der Waals surface area contributed by atoms with Gasteiger partial charge in [0, 0.05) is 28.4 Å². The zero-order valence-corrected chi connectivity index (χ0v) is 11.9. The predicted octanol–water partition coefficient (Wildman–Crippen LogP) is 4.59. The van der Waals surface area contributed by atoms with Gasteiger partial charge in [0.1, 0.15) is 6.29 Å². The number of fused-ring (bicyclic) bond motifs is 3. The lowest BCUT2D eigenvalue weighted by molar-refractivity contribution is -0.104. The molecule has 2 nitrogen and oxygen atoms in total. The third kappa shape index (κ3) is 1.93. The fourth-order valence-corrected chi connectivity index (χ4v) is 2.87. The van der Waals surface area contributed by atoms with Crippen LogP contribution >= 0.6 is 11.6 Å². The molecule has 1 heterocycles. The van der Waals surface area contributed by atoms with Crippen LogP contribution in [0.15, 0.2) is 48.5 Å². The Morgan fingerprint density at radius 3 is 2.65 bits per heavy atom. The molecule has 1 aromatic heterocycles. The first-order chi connectivity index (χ1) is 9.76. The maximum absolute atomic E-state index is 10.6. The SMILES string of the molecule is CCn1c2ccccc2c2cc(C(Cl)=CC=O)ccc21. The van der Waals surface area contributed by atoms with Crippen molar-refractivity contribution in [1.29, 1.82) is 0 Å². The number of carbonyl (C=O) groups is 1. The molecule has 0 aliphatic heterocycles. The minimum absolute atomic E-state index is 0.468. The highest BCUT2D eigenvalue weighted by Crippen LogP contribution is 2.31. The lowest BCUT2D eigenvalue weighted by Crippen LogP contribution is -1.92. The van der Waals surface area contributed by atoms with Crippen molar-refractivity contribution in [2.75, 3.05) is 0 Å². The molecule has 3 rings (SSSR count). The van der Waals surface area contributed by atoms with Crippen molar-refractivity contribution in [2.45, 2.75) is 13.5 Å². The van der Waals surface area contributed by atoms with Gasteiger partial charge in [0.25, 0.3) is 0 Å². The van der Waals surface area contributed by atoms with E-state index in [0.717, 1.165) is 17.5 Å². The average Bonchev–Trinajstić information content (AvgIpc) is 2.80. The molecule has 0 saturated heterocycles. The van der Waals surface area contributed by atoms with E-state index in [-0.39, 0.29) is 0 Å². The van der Waals surface area contributed by atoms with Crippen LogP contribution in [0.4, 0.5) is 0 Å². The number of aromatic nitrogens is 1. The van der Waals surface area contributed by atoms with Crippen molar-refractivity contribution < 1.29 is 4.79 Å². The topological polar surface area (TPSA) is 22.0 Å². The molecule has 0 N–H and O–H groups in total. The van der Waals surface area contributed by atoms with Gasteiger partial charge in [0.2, 0.25) is 0 Å². The Hall–Kier alpha value is -2.06. The molecule has 0 unspecified atom stereocenters. The predicted molar refractivity (Wildman–Crippen MR) is 85.0 cm³/mol. The van der Waals surface area contributed by atoms with E-state index >= 15 is 0 Å². The van der Waals surface area contributed by atoms with E-state index < -0.39 is 0 Å². The zero-order chi connectivity index (χ0) is 14.1. The minimum Gasteiger partial charge on any atom is -0.341 e. The van der Waals surface area contributed by atoms with E-state index in [0.29, 0.717) is 11.3 Å². The summed E-state index contributed by atoms with van der Waals surface area (Å²) >= 11 is 6.12. The molecule has 0 radical (unpaired) electrons. The highest BCUT2D eigenvalue weighted by atomic mass is 35.5. The second-order valence-corrected chi connectivity index (χ2v) is 5.05. The van der Waals surface area contributed by atoms with Crippen LogP contribution in [0.3, 0.4) is 0 Å². The number of benzene rings is 2. The van der Waals surface area contributed by atoms with Crippen LogP contribution in [0.25, 0.3) is 26.8 Å². The fraction of sp³-hybridized carbons (Fsp3) is 0.118. The van der Waals surface area contributed by atoms with Gasteiger partial charge in [-0.05, 0) is 36.8 Å². The summed E-state index contributed by atoms with van der Waals surface area (Å²) in [6, 6.07) is 14.4. The molecule has 100 valence electrons. The zero-order valence-electron chi connectivity index (χ0n) is 11.1. The Kier molecular flexibility index (Phi) is 3.33. The van der Waals surface area contributed by atoms with Gasteiger partial charge in [0.05, 0.1) is 5.03 Å². The molecule has 0 atom stereocenters. The number of carbonyl (C=O) groups excluding carboxylic acids is 1. The van der Waals surface area contributed by atoms with Crippen LogP contribution in [0.2, 0.25) is 0 Å². The lowest BCUT2D eigenvalue weighted by atomic mass is 10.1. The second-order valence-electron chi connectivity index (χ2n) is 4.64. The summed E-state index contributed by atoms with van der Waals surface area (Å²) in [7, 11) is 0. The smallest absolute Gasteiger partial charge is 0.144 e. The average molecular weight is 284 g/mol. The van der Waals surface area contributed by atoms with Crippen molar-refractivity contribution in [1.82, 2.24) is 4.57 Å². The largest absolute Gasteiger partial charge is 0.341 e. The summed E-state index contributed by atoms with van der Waals surface area (Å²) in [4.78, 5) is 10.6. The number of halogens is 1. The summed E-state index contributed by atoms with van der Waals surface area (Å²) in [5.74, 6) is 0. The molecule has 0 aliphatic rings. The van der Waals surface area contributed by atoms with Gasteiger partial charge in [0.15, 0.2) is 0 Å². The molecule has 3 aromatic rings. The first kappa shape index (κ1) is 12.9. The van der Waals surface area contributed by atoms with E-state index in [4.69, 9.17) is 11.6 Å². The molecule has 0 amide bonds. The summed E-state index contributed by atoms with van der Waals surface area (Å²) in [5, 5.41) is 2.84. The molecule has 20 heavy (non-hydrogen) atoms. The Labute approximate surface area is 122 Å². The third-order valence-electron chi connectivity index (χ3n) is 3.58. The molecule has 0 saturated carbocycles. The van der Waals surface area contributed by atoms with Crippen LogP contribution in [-0.4, -0.2) is 10.9 Å². The number of hydrogen-bond acceptors (Lipinski definition) is 1. The van der Waals surface area contributed by atoms with Gasteiger partial charge in [-0.1, -0.05) is 35.9 Å². The minimum atomic E-state index is 0.468. The number of allylic oxidation sites excluding steroid dienone is 1. The molecule has 0 aliphatic carbocycles. The second kappa shape index (κ2) is 5.14. The molecular weight excluding hydrogens is 270 g/mol. The number of hydrogen-bond donors (Lipinski definition) is 0. The number of aryl methyl sites for hydroxylation is 1. The van der Waals surface area contributed by atoms with E-state index in [2.05, 4.69) is 29.7 Å². The van der Waals surface area contributed by atoms with Crippen molar-refractivity contribution in [3.05, 3.63) is 54.1 Å². The van der Waals surface area contributed by atoms with Crippen LogP contribution < -0.4 is 0 Å². The lowest BCUT2D eigenvalue weighted by Gasteiger charge is -2.03. The molecule has 0 spiro atoms. The standard InChI is InChI=1S/C17H14ClNO/c1-2-19-16-6-4-3-5-13(16)14-11-12(7-8-17(14)19)15(18)9-10-20/h3-11H,2H2,1H3. The van der Waals surface area contributed by atoms with Crippen LogP contribution in [0.5, 0.6) is 0 Å². The van der Waals surface area contributed by atoms with Crippen molar-refractivity contribution in [2.24, 2.45) is 0 Å². The van der Waals surface area contributed by atoms with Gasteiger partial charge in [-0.3, -0.25) is 4.79 Å². The first-order valence-electron chi connectivity index (χ1n) is 6.58. The molecule has 3 heteroatoms.